The highest BCUT2D eigenvalue weighted by atomic mass is 79.9. The van der Waals surface area contributed by atoms with Gasteiger partial charge in [-0.3, -0.25) is 4.98 Å². The number of nitrogens with two attached hydrogens (primary N) is 1. The van der Waals surface area contributed by atoms with Gasteiger partial charge in [0.15, 0.2) is 0 Å². The van der Waals surface area contributed by atoms with Crippen molar-refractivity contribution in [1.29, 1.82) is 0 Å². The number of pyridine rings is 1. The van der Waals surface area contributed by atoms with Crippen LogP contribution < -0.4 is 5.73 Å². The number of nitrogens with zero attached hydrogens (tertiary/aromatic N) is 1. The zero-order chi connectivity index (χ0) is 9.19. The molecule has 1 rings (SSSR count). The van der Waals surface area contributed by atoms with E-state index in [2.05, 4.69) is 20.9 Å². The Morgan fingerprint density at radius 1 is 1.67 bits per heavy atom. The van der Waals surface area contributed by atoms with Gasteiger partial charge in [-0.25, -0.2) is 0 Å². The summed E-state index contributed by atoms with van der Waals surface area (Å²) in [5.74, 6) is 0. The zero-order valence-electron chi connectivity index (χ0n) is 6.79. The molecule has 0 spiro atoms. The van der Waals surface area contributed by atoms with Crippen molar-refractivity contribution >= 4 is 15.9 Å². The van der Waals surface area contributed by atoms with Crippen LogP contribution in [0.2, 0.25) is 0 Å². The van der Waals surface area contributed by atoms with Crippen molar-refractivity contribution in [2.75, 3.05) is 6.61 Å². The van der Waals surface area contributed by atoms with Crippen LogP contribution in [0.25, 0.3) is 0 Å². The fraction of sp³-hybridized carbons (Fsp3) is 0.375. The Bertz CT molecular complexity index is 258. The molecule has 12 heavy (non-hydrogen) atoms. The molecule has 4 heteroatoms. The van der Waals surface area contributed by atoms with E-state index in [1.807, 2.05) is 6.07 Å². The quantitative estimate of drug-likeness (QED) is 0.798. The monoisotopic (exact) mass is 230 g/mol. The molecule has 0 saturated heterocycles. The van der Waals surface area contributed by atoms with Crippen LogP contribution in [-0.4, -0.2) is 16.7 Å². The third-order valence-corrected chi connectivity index (χ3v) is 2.11. The molecule has 66 valence electrons. The van der Waals surface area contributed by atoms with Crippen molar-refractivity contribution in [2.45, 2.75) is 12.5 Å². The lowest BCUT2D eigenvalue weighted by molar-refractivity contribution is 0.206. The maximum atomic E-state index is 8.94. The van der Waals surface area contributed by atoms with Crippen molar-refractivity contribution in [3.8, 4) is 0 Å². The van der Waals surface area contributed by atoms with Gasteiger partial charge in [0.25, 0.3) is 0 Å². The van der Waals surface area contributed by atoms with Crippen molar-refractivity contribution in [2.24, 2.45) is 5.73 Å². The fourth-order valence-corrected chi connectivity index (χ4v) is 1.03. The summed E-state index contributed by atoms with van der Waals surface area (Å²) in [5.41, 5.74) is 5.70. The molecular weight excluding hydrogens is 220 g/mol. The van der Waals surface area contributed by atoms with E-state index >= 15 is 0 Å². The number of hydrogen-bond acceptors (Lipinski definition) is 3. The van der Waals surface area contributed by atoms with Crippen molar-refractivity contribution in [3.63, 3.8) is 0 Å². The second kappa shape index (κ2) is 3.51. The van der Waals surface area contributed by atoms with E-state index in [0.29, 0.717) is 5.69 Å². The number of rotatable bonds is 2. The Morgan fingerprint density at radius 2 is 2.33 bits per heavy atom. The van der Waals surface area contributed by atoms with Crippen LogP contribution in [0.4, 0.5) is 0 Å². The summed E-state index contributed by atoms with van der Waals surface area (Å²) >= 11 is 3.27. The molecule has 0 bridgehead atoms. The van der Waals surface area contributed by atoms with Gasteiger partial charge in [-0.1, -0.05) is 0 Å². The predicted octanol–water partition coefficient (Wildman–Crippen LogP) is 1.01. The zero-order valence-corrected chi connectivity index (χ0v) is 8.37. The highest BCUT2D eigenvalue weighted by Gasteiger charge is 2.20. The molecule has 3 nitrogen and oxygen atoms in total. The van der Waals surface area contributed by atoms with Gasteiger partial charge in [0.1, 0.15) is 0 Å². The highest BCUT2D eigenvalue weighted by Crippen LogP contribution is 2.16. The molecule has 1 atom stereocenters. The Balaban J connectivity index is 2.96. The van der Waals surface area contributed by atoms with Crippen LogP contribution in [0, 0.1) is 0 Å². The van der Waals surface area contributed by atoms with Crippen LogP contribution >= 0.6 is 15.9 Å². The fourth-order valence-electron chi connectivity index (χ4n) is 0.795. The standard InChI is InChI=1S/C8H11BrN2O/c1-8(10,5-12)7-3-2-6(9)4-11-7/h2-4,12H,5,10H2,1H3. The van der Waals surface area contributed by atoms with Crippen molar-refractivity contribution in [1.82, 2.24) is 4.98 Å². The molecule has 0 aliphatic carbocycles. The summed E-state index contributed by atoms with van der Waals surface area (Å²) in [4.78, 5) is 4.09. The van der Waals surface area contributed by atoms with Crippen molar-refractivity contribution < 1.29 is 5.11 Å². The first kappa shape index (κ1) is 9.64. The molecule has 0 saturated carbocycles. The van der Waals surface area contributed by atoms with Gasteiger partial charge in [-0.05, 0) is 35.0 Å². The molecule has 1 heterocycles. The van der Waals surface area contributed by atoms with E-state index < -0.39 is 5.54 Å². The number of hydrogen-bond donors (Lipinski definition) is 2. The first-order chi connectivity index (χ1) is 5.56. The molecule has 0 fully saturated rings. The second-order valence-corrected chi connectivity index (χ2v) is 3.85. The SMILES string of the molecule is CC(N)(CO)c1ccc(Br)cn1. The topological polar surface area (TPSA) is 59.1 Å². The molecular formula is C8H11BrN2O. The number of halogens is 1. The lowest BCUT2D eigenvalue weighted by Crippen LogP contribution is -2.37. The minimum atomic E-state index is -0.749. The van der Waals surface area contributed by atoms with Gasteiger partial charge in [0.2, 0.25) is 0 Å². The average Bonchev–Trinajstić information content (AvgIpc) is 2.05. The van der Waals surface area contributed by atoms with Gasteiger partial charge in [0.05, 0.1) is 17.8 Å². The van der Waals surface area contributed by atoms with Gasteiger partial charge in [0, 0.05) is 10.7 Å². The molecule has 0 aliphatic heterocycles. The molecule has 1 aromatic heterocycles. The minimum absolute atomic E-state index is 0.109. The summed E-state index contributed by atoms with van der Waals surface area (Å²) < 4.78 is 0.903. The molecule has 0 radical (unpaired) electrons. The van der Waals surface area contributed by atoms with Gasteiger partial charge in [-0.15, -0.1) is 0 Å². The summed E-state index contributed by atoms with van der Waals surface area (Å²) in [6.07, 6.45) is 1.66. The van der Waals surface area contributed by atoms with E-state index in [1.54, 1.807) is 19.2 Å². The Labute approximate surface area is 79.7 Å². The van der Waals surface area contributed by atoms with Gasteiger partial charge >= 0.3 is 0 Å². The summed E-state index contributed by atoms with van der Waals surface area (Å²) in [7, 11) is 0. The van der Waals surface area contributed by atoms with Gasteiger partial charge in [-0.2, -0.15) is 0 Å². The largest absolute Gasteiger partial charge is 0.394 e. The molecule has 0 amide bonds. The number of aromatic nitrogens is 1. The van der Waals surface area contributed by atoms with Crippen LogP contribution in [0.5, 0.6) is 0 Å². The normalized spacial score (nSPS) is 15.7. The maximum absolute atomic E-state index is 8.94. The lowest BCUT2D eigenvalue weighted by atomic mass is 10.0. The smallest absolute Gasteiger partial charge is 0.0789 e. The van der Waals surface area contributed by atoms with Crippen molar-refractivity contribution in [3.05, 3.63) is 28.5 Å². The summed E-state index contributed by atoms with van der Waals surface area (Å²) in [6, 6.07) is 3.64. The first-order valence-electron chi connectivity index (χ1n) is 3.58. The lowest BCUT2D eigenvalue weighted by Gasteiger charge is -2.20. The second-order valence-electron chi connectivity index (χ2n) is 2.94. The van der Waals surface area contributed by atoms with Crippen LogP contribution in [0.15, 0.2) is 22.8 Å². The van der Waals surface area contributed by atoms with E-state index in [9.17, 15) is 0 Å². The average molecular weight is 231 g/mol. The Hall–Kier alpha value is -0.450. The molecule has 1 aromatic rings. The maximum Gasteiger partial charge on any atom is 0.0789 e. The first-order valence-corrected chi connectivity index (χ1v) is 4.37. The minimum Gasteiger partial charge on any atom is -0.394 e. The summed E-state index contributed by atoms with van der Waals surface area (Å²) in [6.45, 7) is 1.63. The third-order valence-electron chi connectivity index (χ3n) is 1.64. The number of aliphatic hydroxyl groups excluding tert-OH is 1. The van der Waals surface area contributed by atoms with Crippen LogP contribution in [-0.2, 0) is 5.54 Å². The third kappa shape index (κ3) is 2.03. The van der Waals surface area contributed by atoms with E-state index in [0.717, 1.165) is 4.47 Å². The molecule has 0 aromatic carbocycles. The predicted molar refractivity (Wildman–Crippen MR) is 50.6 cm³/mol. The van der Waals surface area contributed by atoms with E-state index in [-0.39, 0.29) is 6.61 Å². The number of aliphatic hydroxyl groups is 1. The van der Waals surface area contributed by atoms with Crippen LogP contribution in [0.1, 0.15) is 12.6 Å². The van der Waals surface area contributed by atoms with E-state index in [1.165, 1.54) is 0 Å². The Kier molecular flexibility index (Phi) is 2.82. The van der Waals surface area contributed by atoms with Gasteiger partial charge < -0.3 is 10.8 Å². The Morgan fingerprint density at radius 3 is 2.75 bits per heavy atom. The molecule has 0 aliphatic rings. The highest BCUT2D eigenvalue weighted by molar-refractivity contribution is 9.10. The molecule has 3 N–H and O–H groups in total. The van der Waals surface area contributed by atoms with E-state index in [4.69, 9.17) is 10.8 Å². The molecule has 1 unspecified atom stereocenters. The van der Waals surface area contributed by atoms with Crippen LogP contribution in [0.3, 0.4) is 0 Å². The summed E-state index contributed by atoms with van der Waals surface area (Å²) in [5, 5.41) is 8.94.